The molecule has 2 fully saturated rings. The number of alkyl halides is 1. The van der Waals surface area contributed by atoms with Crippen molar-refractivity contribution >= 4 is 7.60 Å². The van der Waals surface area contributed by atoms with Gasteiger partial charge < -0.3 is 23.3 Å². The number of aromatic amines is 1. The lowest BCUT2D eigenvalue weighted by Gasteiger charge is -2.27. The van der Waals surface area contributed by atoms with E-state index in [0.717, 1.165) is 4.57 Å². The molecule has 2 aliphatic heterocycles. The highest BCUT2D eigenvalue weighted by molar-refractivity contribution is 7.54. The zero-order valence-electron chi connectivity index (χ0n) is 16.7. The minimum absolute atomic E-state index is 0.0251. The Labute approximate surface area is 166 Å². The summed E-state index contributed by atoms with van der Waals surface area (Å²) in [5, 5.41) is 0. The van der Waals surface area contributed by atoms with Crippen LogP contribution in [0.1, 0.15) is 40.3 Å². The van der Waals surface area contributed by atoms with Crippen LogP contribution in [0.15, 0.2) is 21.9 Å². The van der Waals surface area contributed by atoms with Crippen molar-refractivity contribution in [3.63, 3.8) is 0 Å². The molecule has 1 N–H and O–H groups in total. The Kier molecular flexibility index (Phi) is 6.47. The van der Waals surface area contributed by atoms with Crippen molar-refractivity contribution in [1.29, 1.82) is 0 Å². The molecule has 2 aliphatic rings. The van der Waals surface area contributed by atoms with Crippen LogP contribution in [0.4, 0.5) is 4.39 Å². The van der Waals surface area contributed by atoms with Crippen LogP contribution in [0.5, 0.6) is 0 Å². The van der Waals surface area contributed by atoms with E-state index in [1.807, 2.05) is 0 Å². The van der Waals surface area contributed by atoms with Crippen molar-refractivity contribution in [3.05, 3.63) is 33.1 Å². The predicted molar refractivity (Wildman–Crippen MR) is 99.4 cm³/mol. The summed E-state index contributed by atoms with van der Waals surface area (Å²) in [4.78, 5) is 25.7. The number of aromatic nitrogens is 2. The smallest absolute Gasteiger partial charge is 0.349 e. The second-order valence-electron chi connectivity index (χ2n) is 7.19. The molecular weight excluding hydrogens is 410 g/mol. The third kappa shape index (κ3) is 4.55. The highest BCUT2D eigenvalue weighted by atomic mass is 31.2. The number of nitrogens with zero attached hydrogens (tertiary/aromatic N) is 1. The normalized spacial score (nSPS) is 29.7. The van der Waals surface area contributed by atoms with Crippen molar-refractivity contribution in [2.75, 3.05) is 13.2 Å². The van der Waals surface area contributed by atoms with E-state index in [4.69, 9.17) is 23.3 Å². The number of H-pyrrole nitrogens is 1. The number of ether oxygens (including phenoxy) is 3. The molecule has 0 aliphatic carbocycles. The van der Waals surface area contributed by atoms with Gasteiger partial charge in [-0.1, -0.05) is 0 Å². The Morgan fingerprint density at radius 3 is 2.45 bits per heavy atom. The summed E-state index contributed by atoms with van der Waals surface area (Å²) in [5.74, 6) is -2.94. The average Bonchev–Trinajstić information content (AvgIpc) is 3.09. The van der Waals surface area contributed by atoms with E-state index in [0.29, 0.717) is 0 Å². The third-order valence-corrected chi connectivity index (χ3v) is 6.77. The van der Waals surface area contributed by atoms with Gasteiger partial charge in [0, 0.05) is 18.7 Å². The van der Waals surface area contributed by atoms with Crippen molar-refractivity contribution in [3.8, 4) is 0 Å². The van der Waals surface area contributed by atoms with E-state index in [1.165, 1.54) is 12.3 Å². The van der Waals surface area contributed by atoms with Gasteiger partial charge in [0.05, 0.1) is 19.3 Å². The molecule has 1 aromatic heterocycles. The highest BCUT2D eigenvalue weighted by Gasteiger charge is 2.57. The van der Waals surface area contributed by atoms with Crippen LogP contribution >= 0.6 is 7.60 Å². The molecule has 3 rings (SSSR count). The molecule has 5 atom stereocenters. The summed E-state index contributed by atoms with van der Waals surface area (Å²) in [6.45, 7) is 6.61. The first kappa shape index (κ1) is 22.3. The Morgan fingerprint density at radius 2 is 1.86 bits per heavy atom. The van der Waals surface area contributed by atoms with Crippen molar-refractivity contribution in [2.24, 2.45) is 0 Å². The van der Waals surface area contributed by atoms with Gasteiger partial charge in [0.1, 0.15) is 12.2 Å². The molecule has 0 aromatic carbocycles. The van der Waals surface area contributed by atoms with E-state index in [-0.39, 0.29) is 19.6 Å². The summed E-state index contributed by atoms with van der Waals surface area (Å²) in [6.07, 6.45) is -2.35. The fraction of sp³-hybridized carbons (Fsp3) is 0.765. The Hall–Kier alpha value is -1.36. The number of fused-ring (bicyclic) bond motifs is 1. The Balaban J connectivity index is 1.87. The quantitative estimate of drug-likeness (QED) is 0.614. The molecule has 10 nitrogen and oxygen atoms in total. The molecule has 1 unspecified atom stereocenters. The predicted octanol–water partition coefficient (Wildman–Crippen LogP) is 1.91. The molecule has 0 radical (unpaired) electrons. The Morgan fingerprint density at radius 1 is 1.24 bits per heavy atom. The van der Waals surface area contributed by atoms with Crippen molar-refractivity contribution in [1.82, 2.24) is 9.55 Å². The Bertz CT molecular complexity index is 877. The monoisotopic (exact) mass is 436 g/mol. The highest BCUT2D eigenvalue weighted by Crippen LogP contribution is 2.56. The van der Waals surface area contributed by atoms with Crippen LogP contribution in [0.3, 0.4) is 0 Å². The number of hydrogen-bond acceptors (Lipinski definition) is 8. The van der Waals surface area contributed by atoms with Gasteiger partial charge in [-0.3, -0.25) is 18.9 Å². The molecule has 1 aromatic rings. The van der Waals surface area contributed by atoms with Gasteiger partial charge in [-0.2, -0.15) is 0 Å². The van der Waals surface area contributed by atoms with Crippen LogP contribution in [0.2, 0.25) is 0 Å². The minimum atomic E-state index is -4.00. The molecule has 12 heteroatoms. The second kappa shape index (κ2) is 8.41. The van der Waals surface area contributed by atoms with Crippen LogP contribution in [-0.4, -0.2) is 52.8 Å². The van der Waals surface area contributed by atoms with Crippen LogP contribution in [0, 0.1) is 0 Å². The maximum atomic E-state index is 15.0. The summed E-state index contributed by atoms with van der Waals surface area (Å²) in [5.41, 5.74) is -1.25. The molecular formula is C17H26FN2O8P. The third-order valence-electron chi connectivity index (χ3n) is 4.64. The van der Waals surface area contributed by atoms with Crippen LogP contribution in [-0.2, 0) is 27.8 Å². The lowest BCUT2D eigenvalue weighted by Crippen LogP contribution is -2.37. The fourth-order valence-corrected chi connectivity index (χ4v) is 5.16. The van der Waals surface area contributed by atoms with Crippen molar-refractivity contribution in [2.45, 2.75) is 70.4 Å². The fourth-order valence-electron chi connectivity index (χ4n) is 3.58. The van der Waals surface area contributed by atoms with Gasteiger partial charge >= 0.3 is 13.3 Å². The maximum absolute atomic E-state index is 15.0. The molecule has 0 saturated carbocycles. The zero-order valence-corrected chi connectivity index (χ0v) is 17.6. The molecule has 2 saturated heterocycles. The maximum Gasteiger partial charge on any atom is 0.364 e. The van der Waals surface area contributed by atoms with Crippen LogP contribution in [0.25, 0.3) is 0 Å². The summed E-state index contributed by atoms with van der Waals surface area (Å²) < 4.78 is 56.6. The summed E-state index contributed by atoms with van der Waals surface area (Å²) in [7, 11) is -4.00. The summed E-state index contributed by atoms with van der Waals surface area (Å²) in [6, 6.07) is 1.17. The molecule has 0 spiro atoms. The molecule has 0 bridgehead atoms. The second-order valence-corrected chi connectivity index (χ2v) is 9.35. The molecule has 164 valence electrons. The van der Waals surface area contributed by atoms with E-state index in [9.17, 15) is 18.5 Å². The SMILES string of the molecule is CCOP(=O)(OCC)C(F)C[C@H]1O[C@@H](n2ccc(=O)[nH]c2=O)[C@@H]2OC(C)(C)O[C@@H]21. The van der Waals surface area contributed by atoms with E-state index in [1.54, 1.807) is 27.7 Å². The van der Waals surface area contributed by atoms with E-state index < -0.39 is 55.1 Å². The minimum Gasteiger partial charge on any atom is -0.349 e. The molecule has 29 heavy (non-hydrogen) atoms. The molecule has 0 amide bonds. The first-order chi connectivity index (χ1) is 13.6. The van der Waals surface area contributed by atoms with Gasteiger partial charge in [0.2, 0.25) is 5.91 Å². The largest absolute Gasteiger partial charge is 0.364 e. The zero-order chi connectivity index (χ0) is 21.4. The van der Waals surface area contributed by atoms with Crippen molar-refractivity contribution < 1.29 is 32.2 Å². The first-order valence-electron chi connectivity index (χ1n) is 9.45. The van der Waals surface area contributed by atoms with Gasteiger partial charge in [-0.05, 0) is 27.7 Å². The molecule has 3 heterocycles. The first-order valence-corrected chi connectivity index (χ1v) is 11.1. The standard InChI is InChI=1S/C17H26FN2O8P/c1-5-24-29(23,25-6-2)11(18)9-10-13-14(28-17(3,4)27-13)15(26-10)20-8-7-12(21)19-16(20)22/h7-8,10-11,13-15H,5-6,9H2,1-4H3,(H,19,21,22)/t10-,11?,13-,14-,15-/m1/s1. The number of halogens is 1. The van der Waals surface area contributed by atoms with Gasteiger partial charge in [0.25, 0.3) is 5.56 Å². The number of nitrogens with one attached hydrogen (secondary N) is 1. The van der Waals surface area contributed by atoms with Gasteiger partial charge in [-0.25, -0.2) is 9.18 Å². The topological polar surface area (TPSA) is 118 Å². The average molecular weight is 436 g/mol. The van der Waals surface area contributed by atoms with Crippen LogP contribution < -0.4 is 11.2 Å². The van der Waals surface area contributed by atoms with Gasteiger partial charge in [-0.15, -0.1) is 0 Å². The number of hydrogen-bond donors (Lipinski definition) is 1. The lowest BCUT2D eigenvalue weighted by molar-refractivity contribution is -0.198. The number of rotatable bonds is 8. The van der Waals surface area contributed by atoms with Gasteiger partial charge in [0.15, 0.2) is 12.0 Å². The summed E-state index contributed by atoms with van der Waals surface area (Å²) >= 11 is 0. The van der Waals surface area contributed by atoms with E-state index >= 15 is 0 Å². The van der Waals surface area contributed by atoms with E-state index in [2.05, 4.69) is 4.98 Å². The lowest BCUT2D eigenvalue weighted by atomic mass is 10.1.